The molecule has 0 heterocycles. The van der Waals surface area contributed by atoms with E-state index in [9.17, 15) is 18.3 Å². The van der Waals surface area contributed by atoms with Gasteiger partial charge in [0.2, 0.25) is 10.0 Å². The van der Waals surface area contributed by atoms with Gasteiger partial charge >= 0.3 is 5.97 Å². The molecule has 2 N–H and O–H groups in total. The zero-order valence-corrected chi connectivity index (χ0v) is 12.0. The quantitative estimate of drug-likeness (QED) is 0.805. The van der Waals surface area contributed by atoms with Crippen molar-refractivity contribution in [3.05, 3.63) is 35.9 Å². The van der Waals surface area contributed by atoms with E-state index in [1.54, 1.807) is 30.3 Å². The van der Waals surface area contributed by atoms with Gasteiger partial charge in [0, 0.05) is 0 Å². The minimum atomic E-state index is -3.58. The molecule has 1 aliphatic carbocycles. The van der Waals surface area contributed by atoms with Gasteiger partial charge < -0.3 is 5.11 Å². The van der Waals surface area contributed by atoms with Crippen molar-refractivity contribution in [3.63, 3.8) is 0 Å². The molecule has 0 saturated heterocycles. The number of rotatable bonds is 7. The molecule has 2 rings (SSSR count). The summed E-state index contributed by atoms with van der Waals surface area (Å²) in [6.07, 6.45) is 3.93. The Kier molecular flexibility index (Phi) is 4.77. The van der Waals surface area contributed by atoms with Crippen molar-refractivity contribution in [2.45, 2.75) is 31.7 Å². The molecule has 1 atom stereocenters. The summed E-state index contributed by atoms with van der Waals surface area (Å²) in [7, 11) is -3.58. The fraction of sp³-hybridized carbons (Fsp3) is 0.500. The Morgan fingerprint density at radius 1 is 1.30 bits per heavy atom. The van der Waals surface area contributed by atoms with Gasteiger partial charge in [-0.05, 0) is 17.9 Å². The van der Waals surface area contributed by atoms with Gasteiger partial charge in [-0.25, -0.2) is 8.42 Å². The van der Waals surface area contributed by atoms with Crippen LogP contribution in [0, 0.1) is 5.92 Å². The number of sulfonamides is 1. The SMILES string of the molecule is O=C(O)[C@@H](NS(=O)(=O)CCC1CCC1)c1ccccc1. The lowest BCUT2D eigenvalue weighted by atomic mass is 9.84. The Labute approximate surface area is 119 Å². The summed E-state index contributed by atoms with van der Waals surface area (Å²) in [6.45, 7) is 0. The van der Waals surface area contributed by atoms with Gasteiger partial charge in [0.25, 0.3) is 0 Å². The second-order valence-corrected chi connectivity index (χ2v) is 7.08. The number of hydrogen-bond acceptors (Lipinski definition) is 3. The van der Waals surface area contributed by atoms with E-state index >= 15 is 0 Å². The third kappa shape index (κ3) is 4.05. The second kappa shape index (κ2) is 6.37. The highest BCUT2D eigenvalue weighted by atomic mass is 32.2. The van der Waals surface area contributed by atoms with Gasteiger partial charge in [-0.1, -0.05) is 49.6 Å². The maximum absolute atomic E-state index is 12.0. The Balaban J connectivity index is 2.01. The van der Waals surface area contributed by atoms with Crippen LogP contribution in [0.15, 0.2) is 30.3 Å². The molecule has 5 nitrogen and oxygen atoms in total. The molecule has 0 bridgehead atoms. The van der Waals surface area contributed by atoms with Crippen LogP contribution in [-0.4, -0.2) is 25.2 Å². The van der Waals surface area contributed by atoms with Crippen LogP contribution in [0.2, 0.25) is 0 Å². The lowest BCUT2D eigenvalue weighted by Gasteiger charge is -2.25. The fourth-order valence-electron chi connectivity index (χ4n) is 2.25. The minimum Gasteiger partial charge on any atom is -0.480 e. The highest BCUT2D eigenvalue weighted by molar-refractivity contribution is 7.89. The van der Waals surface area contributed by atoms with E-state index < -0.39 is 22.0 Å². The van der Waals surface area contributed by atoms with E-state index in [0.29, 0.717) is 17.9 Å². The van der Waals surface area contributed by atoms with Crippen LogP contribution in [0.3, 0.4) is 0 Å². The zero-order valence-electron chi connectivity index (χ0n) is 11.2. The van der Waals surface area contributed by atoms with E-state index in [2.05, 4.69) is 4.72 Å². The van der Waals surface area contributed by atoms with E-state index in [1.165, 1.54) is 6.42 Å². The molecule has 0 aromatic heterocycles. The minimum absolute atomic E-state index is 0.00567. The fourth-order valence-corrected chi connectivity index (χ4v) is 3.61. The van der Waals surface area contributed by atoms with Crippen molar-refractivity contribution in [2.75, 3.05) is 5.75 Å². The summed E-state index contributed by atoms with van der Waals surface area (Å²) in [5, 5.41) is 9.20. The first-order chi connectivity index (χ1) is 9.48. The number of carboxylic acids is 1. The van der Waals surface area contributed by atoms with Crippen LogP contribution in [0.5, 0.6) is 0 Å². The highest BCUT2D eigenvalue weighted by Crippen LogP contribution is 2.29. The average molecular weight is 297 g/mol. The number of carboxylic acid groups (broad SMARTS) is 1. The number of benzene rings is 1. The number of nitrogens with one attached hydrogen (secondary N) is 1. The van der Waals surface area contributed by atoms with Crippen LogP contribution >= 0.6 is 0 Å². The molecule has 110 valence electrons. The van der Waals surface area contributed by atoms with Crippen LogP contribution in [-0.2, 0) is 14.8 Å². The molecule has 20 heavy (non-hydrogen) atoms. The standard InChI is InChI=1S/C14H19NO4S/c16-14(17)13(12-7-2-1-3-8-12)15-20(18,19)10-9-11-5-4-6-11/h1-3,7-8,11,13,15H,4-6,9-10H2,(H,16,17)/t13-/m0/s1. The largest absolute Gasteiger partial charge is 0.480 e. The van der Waals surface area contributed by atoms with Crippen LogP contribution in [0.1, 0.15) is 37.3 Å². The first kappa shape index (κ1) is 15.0. The third-order valence-electron chi connectivity index (χ3n) is 3.70. The maximum atomic E-state index is 12.0. The molecule has 1 aromatic rings. The molecule has 0 amide bonds. The van der Waals surface area contributed by atoms with E-state index in [0.717, 1.165) is 12.8 Å². The molecular weight excluding hydrogens is 278 g/mol. The topological polar surface area (TPSA) is 83.5 Å². The molecule has 0 spiro atoms. The molecule has 0 radical (unpaired) electrons. The maximum Gasteiger partial charge on any atom is 0.326 e. The predicted molar refractivity (Wildman–Crippen MR) is 75.7 cm³/mol. The summed E-state index contributed by atoms with van der Waals surface area (Å²) < 4.78 is 26.3. The zero-order chi connectivity index (χ0) is 14.6. The normalized spacial score (nSPS) is 17.4. The van der Waals surface area contributed by atoms with Gasteiger partial charge in [-0.3, -0.25) is 4.79 Å². The lowest BCUT2D eigenvalue weighted by molar-refractivity contribution is -0.139. The number of carbonyl (C=O) groups is 1. The van der Waals surface area contributed by atoms with Gasteiger partial charge in [-0.2, -0.15) is 4.72 Å². The third-order valence-corrected chi connectivity index (χ3v) is 5.06. The second-order valence-electron chi connectivity index (χ2n) is 5.20. The molecule has 1 aromatic carbocycles. The highest BCUT2D eigenvalue weighted by Gasteiger charge is 2.27. The predicted octanol–water partition coefficient (Wildman–Crippen LogP) is 1.92. The summed E-state index contributed by atoms with van der Waals surface area (Å²) in [4.78, 5) is 11.3. The number of hydrogen-bond donors (Lipinski definition) is 2. The first-order valence-corrected chi connectivity index (χ1v) is 8.41. The molecule has 1 saturated carbocycles. The molecule has 1 fully saturated rings. The van der Waals surface area contributed by atoms with E-state index in [4.69, 9.17) is 0 Å². The number of aliphatic carboxylic acids is 1. The van der Waals surface area contributed by atoms with Crippen molar-refractivity contribution in [2.24, 2.45) is 5.92 Å². The van der Waals surface area contributed by atoms with Crippen molar-refractivity contribution in [1.29, 1.82) is 0 Å². The first-order valence-electron chi connectivity index (χ1n) is 6.76. The Bertz CT molecular complexity index is 552. The van der Waals surface area contributed by atoms with Crippen molar-refractivity contribution in [3.8, 4) is 0 Å². The van der Waals surface area contributed by atoms with Gasteiger partial charge in [0.05, 0.1) is 5.75 Å². The van der Waals surface area contributed by atoms with Crippen molar-refractivity contribution < 1.29 is 18.3 Å². The monoisotopic (exact) mass is 297 g/mol. The smallest absolute Gasteiger partial charge is 0.326 e. The summed E-state index contributed by atoms with van der Waals surface area (Å²) >= 11 is 0. The van der Waals surface area contributed by atoms with E-state index in [-0.39, 0.29) is 5.75 Å². The van der Waals surface area contributed by atoms with Crippen LogP contribution in [0.25, 0.3) is 0 Å². The van der Waals surface area contributed by atoms with Crippen molar-refractivity contribution in [1.82, 2.24) is 4.72 Å². The van der Waals surface area contributed by atoms with E-state index in [1.807, 2.05) is 0 Å². The van der Waals surface area contributed by atoms with Gasteiger partial charge in [-0.15, -0.1) is 0 Å². The Morgan fingerprint density at radius 2 is 1.95 bits per heavy atom. The molecular formula is C14H19NO4S. The van der Waals surface area contributed by atoms with Crippen molar-refractivity contribution >= 4 is 16.0 Å². The molecule has 6 heteroatoms. The van der Waals surface area contributed by atoms with Crippen LogP contribution in [0.4, 0.5) is 0 Å². The summed E-state index contributed by atoms with van der Waals surface area (Å²) in [5.74, 6) is -0.719. The Hall–Kier alpha value is -1.40. The van der Waals surface area contributed by atoms with Crippen LogP contribution < -0.4 is 4.72 Å². The summed E-state index contributed by atoms with van der Waals surface area (Å²) in [5.41, 5.74) is 0.437. The average Bonchev–Trinajstić information content (AvgIpc) is 2.35. The summed E-state index contributed by atoms with van der Waals surface area (Å²) in [6, 6.07) is 7.12. The molecule has 0 unspecified atom stereocenters. The Morgan fingerprint density at radius 3 is 2.45 bits per heavy atom. The lowest BCUT2D eigenvalue weighted by Crippen LogP contribution is -2.36. The molecule has 1 aliphatic rings. The van der Waals surface area contributed by atoms with Gasteiger partial charge in [0.1, 0.15) is 6.04 Å². The molecule has 0 aliphatic heterocycles. The van der Waals surface area contributed by atoms with Gasteiger partial charge in [0.15, 0.2) is 0 Å².